The molecule has 1 atom stereocenters. The molecule has 0 aromatic heterocycles. The van der Waals surface area contributed by atoms with Gasteiger partial charge in [0.15, 0.2) is 0 Å². The van der Waals surface area contributed by atoms with Crippen molar-refractivity contribution in [2.75, 3.05) is 13.1 Å². The van der Waals surface area contributed by atoms with E-state index in [2.05, 4.69) is 0 Å². The summed E-state index contributed by atoms with van der Waals surface area (Å²) in [7, 11) is 0. The van der Waals surface area contributed by atoms with Crippen LogP contribution in [0.2, 0.25) is 0 Å². The molecule has 0 radical (unpaired) electrons. The van der Waals surface area contributed by atoms with Crippen LogP contribution in [0.4, 0.5) is 8.78 Å². The van der Waals surface area contributed by atoms with E-state index in [0.717, 1.165) is 5.56 Å². The van der Waals surface area contributed by atoms with Crippen LogP contribution in [-0.4, -0.2) is 29.8 Å². The van der Waals surface area contributed by atoms with Gasteiger partial charge in [0.2, 0.25) is 0 Å². The highest BCUT2D eigenvalue weighted by atomic mass is 19.3. The molecule has 1 aromatic rings. The third-order valence-corrected chi connectivity index (χ3v) is 3.03. The number of likely N-dealkylation sites (tertiary alicyclic amines) is 1. The van der Waals surface area contributed by atoms with Crippen molar-refractivity contribution < 1.29 is 13.6 Å². The smallest absolute Gasteiger partial charge is 0.330 e. The molecule has 0 saturated carbocycles. The summed E-state index contributed by atoms with van der Waals surface area (Å²) in [6.45, 7) is 0.0625. The number of benzene rings is 1. The molecule has 0 spiro atoms. The van der Waals surface area contributed by atoms with Gasteiger partial charge in [-0.15, -0.1) is 0 Å². The summed E-state index contributed by atoms with van der Waals surface area (Å²) in [6, 6.07) is 9.08. The summed E-state index contributed by atoms with van der Waals surface area (Å²) in [4.78, 5) is 12.7. The van der Waals surface area contributed by atoms with E-state index in [0.29, 0.717) is 0 Å². The zero-order valence-electron chi connectivity index (χ0n) is 9.27. The molecule has 1 aliphatic rings. The minimum Gasteiger partial charge on any atom is -0.333 e. The van der Waals surface area contributed by atoms with E-state index in [4.69, 9.17) is 5.73 Å². The first-order valence-corrected chi connectivity index (χ1v) is 5.47. The number of nitrogens with zero attached hydrogens (tertiary/aromatic N) is 1. The molecule has 0 aliphatic carbocycles. The molecule has 2 rings (SSSR count). The van der Waals surface area contributed by atoms with Gasteiger partial charge in [-0.25, -0.2) is 0 Å². The van der Waals surface area contributed by atoms with Crippen LogP contribution in [0.25, 0.3) is 0 Å². The maximum absolute atomic E-state index is 13.5. The third kappa shape index (κ3) is 2.15. The van der Waals surface area contributed by atoms with Crippen molar-refractivity contribution in [1.29, 1.82) is 0 Å². The Labute approximate surface area is 98.2 Å². The maximum Gasteiger partial charge on any atom is 0.330 e. The highest BCUT2D eigenvalue weighted by molar-refractivity contribution is 5.86. The van der Waals surface area contributed by atoms with E-state index in [9.17, 15) is 13.6 Å². The summed E-state index contributed by atoms with van der Waals surface area (Å²) in [5.74, 6) is -5.50. The molecule has 3 nitrogen and oxygen atoms in total. The van der Waals surface area contributed by atoms with Crippen LogP contribution in [0.5, 0.6) is 0 Å². The van der Waals surface area contributed by atoms with Crippen LogP contribution >= 0.6 is 0 Å². The zero-order chi connectivity index (χ0) is 12.5. The highest BCUT2D eigenvalue weighted by Gasteiger charge is 2.55. The Kier molecular flexibility index (Phi) is 3.11. The standard InChI is InChI=1S/C12H14F2N2O/c13-12(14)10(6-15)8-16(11(12)17)7-9-4-2-1-3-5-9/h1-5,10H,6-8,15H2/t10-/m0/s1. The quantitative estimate of drug-likeness (QED) is 0.864. The predicted octanol–water partition coefficient (Wildman–Crippen LogP) is 1.24. The molecule has 1 saturated heterocycles. The van der Waals surface area contributed by atoms with Crippen LogP contribution in [0.15, 0.2) is 30.3 Å². The van der Waals surface area contributed by atoms with Crippen molar-refractivity contribution in [2.24, 2.45) is 11.7 Å². The number of rotatable bonds is 3. The number of hydrogen-bond acceptors (Lipinski definition) is 2. The molecule has 5 heteroatoms. The van der Waals surface area contributed by atoms with Crippen LogP contribution in [0.3, 0.4) is 0 Å². The van der Waals surface area contributed by atoms with Gasteiger partial charge >= 0.3 is 5.92 Å². The normalized spacial score (nSPS) is 23.1. The number of carbonyl (C=O) groups is 1. The molecule has 1 aromatic carbocycles. The zero-order valence-corrected chi connectivity index (χ0v) is 9.27. The Hall–Kier alpha value is -1.49. The first-order chi connectivity index (χ1) is 8.05. The summed E-state index contributed by atoms with van der Waals surface area (Å²) in [5.41, 5.74) is 6.11. The molecule has 1 amide bonds. The number of hydrogen-bond donors (Lipinski definition) is 1. The second-order valence-electron chi connectivity index (χ2n) is 4.23. The second kappa shape index (κ2) is 4.41. The minimum absolute atomic E-state index is 0.0250. The fraction of sp³-hybridized carbons (Fsp3) is 0.417. The number of carbonyl (C=O) groups excluding carboxylic acids is 1. The summed E-state index contributed by atoms with van der Waals surface area (Å²) >= 11 is 0. The van der Waals surface area contributed by atoms with E-state index in [1.807, 2.05) is 18.2 Å². The summed E-state index contributed by atoms with van der Waals surface area (Å²) in [5, 5.41) is 0. The predicted molar refractivity (Wildman–Crippen MR) is 59.4 cm³/mol. The van der Waals surface area contributed by atoms with Gasteiger partial charge in [0, 0.05) is 19.6 Å². The fourth-order valence-electron chi connectivity index (χ4n) is 2.01. The molecule has 92 valence electrons. The van der Waals surface area contributed by atoms with Crippen molar-refractivity contribution in [3.8, 4) is 0 Å². The van der Waals surface area contributed by atoms with Crippen molar-refractivity contribution in [3.05, 3.63) is 35.9 Å². The summed E-state index contributed by atoms with van der Waals surface area (Å²) in [6.07, 6.45) is 0. The van der Waals surface area contributed by atoms with Crippen molar-refractivity contribution in [2.45, 2.75) is 12.5 Å². The van der Waals surface area contributed by atoms with Gasteiger partial charge in [0.25, 0.3) is 5.91 Å². The van der Waals surface area contributed by atoms with Crippen LogP contribution in [-0.2, 0) is 11.3 Å². The van der Waals surface area contributed by atoms with Gasteiger partial charge in [0.1, 0.15) is 0 Å². The lowest BCUT2D eigenvalue weighted by atomic mass is 10.1. The number of amides is 1. The van der Waals surface area contributed by atoms with Gasteiger partial charge in [-0.3, -0.25) is 4.79 Å². The summed E-state index contributed by atoms with van der Waals surface area (Å²) < 4.78 is 27.0. The van der Waals surface area contributed by atoms with Gasteiger partial charge in [0.05, 0.1) is 5.92 Å². The Morgan fingerprint density at radius 2 is 2.00 bits per heavy atom. The molecule has 0 bridgehead atoms. The molecule has 1 fully saturated rings. The Morgan fingerprint density at radius 1 is 1.35 bits per heavy atom. The molecule has 1 aliphatic heterocycles. The first-order valence-electron chi connectivity index (χ1n) is 5.47. The van der Waals surface area contributed by atoms with E-state index in [1.165, 1.54) is 4.90 Å². The lowest BCUT2D eigenvalue weighted by Crippen LogP contribution is -2.37. The maximum atomic E-state index is 13.5. The van der Waals surface area contributed by atoms with E-state index in [1.54, 1.807) is 12.1 Å². The number of nitrogens with two attached hydrogens (primary N) is 1. The van der Waals surface area contributed by atoms with Crippen LogP contribution in [0.1, 0.15) is 5.56 Å². The van der Waals surface area contributed by atoms with Gasteiger partial charge in [-0.05, 0) is 5.56 Å². The largest absolute Gasteiger partial charge is 0.333 e. The second-order valence-corrected chi connectivity index (χ2v) is 4.23. The van der Waals surface area contributed by atoms with Crippen molar-refractivity contribution in [3.63, 3.8) is 0 Å². The van der Waals surface area contributed by atoms with Gasteiger partial charge in [-0.1, -0.05) is 30.3 Å². The topological polar surface area (TPSA) is 46.3 Å². The lowest BCUT2D eigenvalue weighted by Gasteiger charge is -2.15. The SMILES string of the molecule is NC[C@H]1CN(Cc2ccccc2)C(=O)C1(F)F. The lowest BCUT2D eigenvalue weighted by molar-refractivity contribution is -0.151. The average molecular weight is 240 g/mol. The van der Waals surface area contributed by atoms with Gasteiger partial charge < -0.3 is 10.6 Å². The number of alkyl halides is 2. The monoisotopic (exact) mass is 240 g/mol. The van der Waals surface area contributed by atoms with Crippen molar-refractivity contribution in [1.82, 2.24) is 4.90 Å². The molecule has 17 heavy (non-hydrogen) atoms. The Bertz CT molecular complexity index is 408. The van der Waals surface area contributed by atoms with E-state index < -0.39 is 17.7 Å². The molecule has 1 heterocycles. The van der Waals surface area contributed by atoms with E-state index >= 15 is 0 Å². The first kappa shape index (κ1) is 12.0. The molecule has 2 N–H and O–H groups in total. The Morgan fingerprint density at radius 3 is 2.53 bits per heavy atom. The van der Waals surface area contributed by atoms with Gasteiger partial charge in [-0.2, -0.15) is 8.78 Å². The van der Waals surface area contributed by atoms with Crippen molar-refractivity contribution >= 4 is 5.91 Å². The van der Waals surface area contributed by atoms with Crippen LogP contribution in [0, 0.1) is 5.92 Å². The number of halogens is 2. The molecular weight excluding hydrogens is 226 g/mol. The Balaban J connectivity index is 2.12. The highest BCUT2D eigenvalue weighted by Crippen LogP contribution is 2.34. The van der Waals surface area contributed by atoms with E-state index in [-0.39, 0.29) is 19.6 Å². The third-order valence-electron chi connectivity index (χ3n) is 3.03. The average Bonchev–Trinajstić information content (AvgIpc) is 2.54. The minimum atomic E-state index is -3.32. The van der Waals surface area contributed by atoms with Crippen LogP contribution < -0.4 is 5.73 Å². The molecule has 0 unspecified atom stereocenters. The fourth-order valence-corrected chi connectivity index (χ4v) is 2.01. The molecular formula is C12H14F2N2O.